The Bertz CT molecular complexity index is 865. The number of amides is 1. The van der Waals surface area contributed by atoms with Gasteiger partial charge in [-0.3, -0.25) is 4.79 Å². The van der Waals surface area contributed by atoms with Crippen molar-refractivity contribution in [3.8, 4) is 0 Å². The van der Waals surface area contributed by atoms with Gasteiger partial charge in [-0.05, 0) is 38.1 Å². The van der Waals surface area contributed by atoms with Crippen LogP contribution in [-0.4, -0.2) is 28.4 Å². The maximum atomic E-state index is 12.6. The number of carbonyl (C=O) groups excluding carboxylic acids is 1. The molecule has 1 atom stereocenters. The fourth-order valence-corrected chi connectivity index (χ4v) is 4.33. The van der Waals surface area contributed by atoms with Gasteiger partial charge in [-0.15, -0.1) is 10.2 Å². The van der Waals surface area contributed by atoms with Crippen molar-refractivity contribution >= 4 is 45.5 Å². The van der Waals surface area contributed by atoms with E-state index in [1.54, 1.807) is 11.9 Å². The molecule has 0 radical (unpaired) electrons. The van der Waals surface area contributed by atoms with Crippen molar-refractivity contribution < 1.29 is 4.79 Å². The van der Waals surface area contributed by atoms with E-state index in [2.05, 4.69) is 15.5 Å². The zero-order chi connectivity index (χ0) is 18.5. The highest BCUT2D eigenvalue weighted by atomic mass is 32.2. The predicted molar refractivity (Wildman–Crippen MR) is 110 cm³/mol. The molecule has 134 valence electrons. The van der Waals surface area contributed by atoms with Crippen LogP contribution in [0.2, 0.25) is 0 Å². The van der Waals surface area contributed by atoms with Crippen LogP contribution in [0.5, 0.6) is 0 Å². The molecule has 2 aromatic carbocycles. The number of hydrogen-bond donors (Lipinski definition) is 1. The second-order valence-electron chi connectivity index (χ2n) is 5.86. The van der Waals surface area contributed by atoms with Crippen LogP contribution in [-0.2, 0) is 4.79 Å². The Morgan fingerprint density at radius 2 is 1.81 bits per heavy atom. The zero-order valence-electron chi connectivity index (χ0n) is 14.8. The van der Waals surface area contributed by atoms with Gasteiger partial charge in [-0.1, -0.05) is 59.0 Å². The van der Waals surface area contributed by atoms with E-state index in [1.165, 1.54) is 28.7 Å². The smallest absolute Gasteiger partial charge is 0.240 e. The summed E-state index contributed by atoms with van der Waals surface area (Å²) in [7, 11) is 1.79. The number of thioether (sulfide) groups is 1. The molecule has 1 amide bonds. The molecule has 0 bridgehead atoms. The first-order valence-corrected chi connectivity index (χ1v) is 9.89. The van der Waals surface area contributed by atoms with Gasteiger partial charge in [0.2, 0.25) is 11.0 Å². The van der Waals surface area contributed by atoms with Gasteiger partial charge in [0.05, 0.1) is 5.25 Å². The van der Waals surface area contributed by atoms with E-state index in [0.717, 1.165) is 15.7 Å². The summed E-state index contributed by atoms with van der Waals surface area (Å²) < 4.78 is 0.766. The van der Waals surface area contributed by atoms with Gasteiger partial charge in [0.1, 0.15) is 0 Å². The third kappa shape index (κ3) is 4.62. The molecular formula is C19H20N4OS2. The van der Waals surface area contributed by atoms with E-state index in [1.807, 2.05) is 68.4 Å². The third-order valence-electron chi connectivity index (χ3n) is 3.81. The number of nitrogens with zero attached hydrogens (tertiary/aromatic N) is 3. The molecule has 5 nitrogen and oxygen atoms in total. The van der Waals surface area contributed by atoms with E-state index in [9.17, 15) is 4.79 Å². The summed E-state index contributed by atoms with van der Waals surface area (Å²) in [5.41, 5.74) is 3.05. The fraction of sp³-hybridized carbons (Fsp3) is 0.211. The Hall–Kier alpha value is -2.38. The molecule has 3 rings (SSSR count). The minimum Gasteiger partial charge on any atom is -0.330 e. The van der Waals surface area contributed by atoms with Crippen LogP contribution in [0.15, 0.2) is 58.9 Å². The Labute approximate surface area is 161 Å². The summed E-state index contributed by atoms with van der Waals surface area (Å²) in [6.45, 7) is 3.94. The average molecular weight is 385 g/mol. The van der Waals surface area contributed by atoms with Crippen molar-refractivity contribution in [3.63, 3.8) is 0 Å². The number of rotatable bonds is 6. The first-order valence-electron chi connectivity index (χ1n) is 8.19. The van der Waals surface area contributed by atoms with Crippen molar-refractivity contribution in [1.29, 1.82) is 0 Å². The lowest BCUT2D eigenvalue weighted by Gasteiger charge is -2.20. The first-order chi connectivity index (χ1) is 12.5. The summed E-state index contributed by atoms with van der Waals surface area (Å²) >= 11 is 2.87. The van der Waals surface area contributed by atoms with Crippen molar-refractivity contribution in [1.82, 2.24) is 10.2 Å². The largest absolute Gasteiger partial charge is 0.330 e. The minimum absolute atomic E-state index is 0.0319. The van der Waals surface area contributed by atoms with E-state index in [0.29, 0.717) is 5.13 Å². The molecule has 3 aromatic rings. The van der Waals surface area contributed by atoms with Crippen LogP contribution >= 0.6 is 23.1 Å². The van der Waals surface area contributed by atoms with Crippen LogP contribution in [0, 0.1) is 6.92 Å². The fourth-order valence-electron chi connectivity index (χ4n) is 2.32. The lowest BCUT2D eigenvalue weighted by atomic mass is 10.2. The summed E-state index contributed by atoms with van der Waals surface area (Å²) in [5, 5.41) is 12.0. The Kier molecular flexibility index (Phi) is 5.90. The standard InChI is InChI=1S/C19H20N4OS2/c1-13-9-11-15(12-10-13)20-18-21-22-19(26-18)25-14(2)17(24)23(3)16-7-5-4-6-8-16/h4-12,14H,1-3H3,(H,20,21). The number of anilines is 3. The number of carbonyl (C=O) groups is 1. The highest BCUT2D eigenvalue weighted by molar-refractivity contribution is 8.02. The number of hydrogen-bond acceptors (Lipinski definition) is 6. The molecule has 0 saturated carbocycles. The number of nitrogens with one attached hydrogen (secondary N) is 1. The van der Waals surface area contributed by atoms with Crippen LogP contribution in [0.3, 0.4) is 0 Å². The molecule has 0 fully saturated rings. The van der Waals surface area contributed by atoms with Crippen molar-refractivity contribution in [3.05, 3.63) is 60.2 Å². The van der Waals surface area contributed by atoms with Crippen molar-refractivity contribution in [2.75, 3.05) is 17.3 Å². The molecule has 0 aliphatic carbocycles. The monoisotopic (exact) mass is 384 g/mol. The lowest BCUT2D eigenvalue weighted by Crippen LogP contribution is -2.33. The summed E-state index contributed by atoms with van der Waals surface area (Å²) in [6, 6.07) is 17.7. The van der Waals surface area contributed by atoms with Gasteiger partial charge < -0.3 is 10.2 Å². The van der Waals surface area contributed by atoms with Crippen LogP contribution in [0.25, 0.3) is 0 Å². The topological polar surface area (TPSA) is 58.1 Å². The van der Waals surface area contributed by atoms with Crippen LogP contribution < -0.4 is 10.2 Å². The Morgan fingerprint density at radius 3 is 2.50 bits per heavy atom. The normalized spacial score (nSPS) is 11.8. The molecule has 26 heavy (non-hydrogen) atoms. The molecule has 0 spiro atoms. The van der Waals surface area contributed by atoms with E-state index in [-0.39, 0.29) is 11.2 Å². The quantitative estimate of drug-likeness (QED) is 0.623. The van der Waals surface area contributed by atoms with Gasteiger partial charge >= 0.3 is 0 Å². The number of aromatic nitrogens is 2. The third-order valence-corrected chi connectivity index (χ3v) is 5.82. The summed E-state index contributed by atoms with van der Waals surface area (Å²) in [5.74, 6) is 0.0319. The lowest BCUT2D eigenvalue weighted by molar-refractivity contribution is -0.117. The molecular weight excluding hydrogens is 364 g/mol. The van der Waals surface area contributed by atoms with Crippen molar-refractivity contribution in [2.45, 2.75) is 23.4 Å². The molecule has 1 aromatic heterocycles. The second kappa shape index (κ2) is 8.33. The van der Waals surface area contributed by atoms with Gasteiger partial charge in [0.25, 0.3) is 0 Å². The minimum atomic E-state index is -0.250. The molecule has 0 saturated heterocycles. The molecule has 7 heteroatoms. The number of aryl methyl sites for hydroxylation is 1. The summed E-state index contributed by atoms with van der Waals surface area (Å²) in [6.07, 6.45) is 0. The summed E-state index contributed by atoms with van der Waals surface area (Å²) in [4.78, 5) is 14.3. The van der Waals surface area contributed by atoms with E-state index in [4.69, 9.17) is 0 Å². The van der Waals surface area contributed by atoms with E-state index >= 15 is 0 Å². The number of para-hydroxylation sites is 1. The Morgan fingerprint density at radius 1 is 1.12 bits per heavy atom. The molecule has 1 N–H and O–H groups in total. The maximum Gasteiger partial charge on any atom is 0.240 e. The maximum absolute atomic E-state index is 12.6. The van der Waals surface area contributed by atoms with Crippen LogP contribution in [0.4, 0.5) is 16.5 Å². The second-order valence-corrected chi connectivity index (χ2v) is 8.42. The van der Waals surface area contributed by atoms with Gasteiger partial charge in [-0.25, -0.2) is 0 Å². The zero-order valence-corrected chi connectivity index (χ0v) is 16.5. The molecule has 0 aliphatic rings. The SMILES string of the molecule is Cc1ccc(Nc2nnc(SC(C)C(=O)N(C)c3ccccc3)s2)cc1. The van der Waals surface area contributed by atoms with Crippen molar-refractivity contribution in [2.24, 2.45) is 0 Å². The highest BCUT2D eigenvalue weighted by Crippen LogP contribution is 2.31. The molecule has 1 heterocycles. The van der Waals surface area contributed by atoms with E-state index < -0.39 is 0 Å². The number of benzene rings is 2. The first kappa shape index (κ1) is 18.4. The van der Waals surface area contributed by atoms with Gasteiger partial charge in [-0.2, -0.15) is 0 Å². The highest BCUT2D eigenvalue weighted by Gasteiger charge is 2.21. The Balaban J connectivity index is 1.61. The van der Waals surface area contributed by atoms with Gasteiger partial charge in [0, 0.05) is 18.4 Å². The average Bonchev–Trinajstić information content (AvgIpc) is 3.10. The molecule has 1 unspecified atom stereocenters. The van der Waals surface area contributed by atoms with Crippen LogP contribution in [0.1, 0.15) is 12.5 Å². The predicted octanol–water partition coefficient (Wildman–Crippen LogP) is 4.73. The van der Waals surface area contributed by atoms with Gasteiger partial charge in [0.15, 0.2) is 4.34 Å². The molecule has 0 aliphatic heterocycles.